The number of aryl methyl sites for hydroxylation is 1. The van der Waals surface area contributed by atoms with Crippen molar-refractivity contribution in [1.82, 2.24) is 9.97 Å². The van der Waals surface area contributed by atoms with Gasteiger partial charge >= 0.3 is 0 Å². The first-order valence-electron chi connectivity index (χ1n) is 5.98. The van der Waals surface area contributed by atoms with Gasteiger partial charge in [-0.15, -0.1) is 0 Å². The first kappa shape index (κ1) is 12.0. The number of anilines is 2. The molecule has 6 nitrogen and oxygen atoms in total. The highest BCUT2D eigenvalue weighted by molar-refractivity contribution is 7.92. The molecule has 0 unspecified atom stereocenters. The maximum Gasteiger partial charge on any atom is 0.281 e. The highest BCUT2D eigenvalue weighted by Crippen LogP contribution is 2.32. The summed E-state index contributed by atoms with van der Waals surface area (Å²) in [6.07, 6.45) is 4.34. The fourth-order valence-electron chi connectivity index (χ4n) is 2.31. The first-order valence-corrected chi connectivity index (χ1v) is 7.42. The van der Waals surface area contributed by atoms with Gasteiger partial charge in [0.25, 0.3) is 10.0 Å². The molecule has 3 rings (SSSR count). The number of benzene rings is 1. The minimum Gasteiger partial charge on any atom is -0.399 e. The molecule has 2 heterocycles. The maximum absolute atomic E-state index is 12.5. The second-order valence-corrected chi connectivity index (χ2v) is 6.32. The summed E-state index contributed by atoms with van der Waals surface area (Å²) in [4.78, 5) is 6.42. The lowest BCUT2D eigenvalue weighted by Crippen LogP contribution is -2.35. The van der Waals surface area contributed by atoms with Crippen LogP contribution in [0.1, 0.15) is 12.0 Å². The number of nitrogens with zero attached hydrogens (tertiary/aromatic N) is 2. The van der Waals surface area contributed by atoms with Crippen LogP contribution in [-0.2, 0) is 16.4 Å². The van der Waals surface area contributed by atoms with E-state index < -0.39 is 10.0 Å². The number of rotatable bonds is 2. The van der Waals surface area contributed by atoms with E-state index in [2.05, 4.69) is 9.97 Å². The van der Waals surface area contributed by atoms with Gasteiger partial charge in [-0.25, -0.2) is 4.98 Å². The third-order valence-corrected chi connectivity index (χ3v) is 4.97. The molecule has 0 spiro atoms. The molecule has 0 aliphatic carbocycles. The van der Waals surface area contributed by atoms with Gasteiger partial charge < -0.3 is 10.7 Å². The Labute approximate surface area is 111 Å². The van der Waals surface area contributed by atoms with Crippen LogP contribution in [0.3, 0.4) is 0 Å². The van der Waals surface area contributed by atoms with Crippen LogP contribution < -0.4 is 10.0 Å². The van der Waals surface area contributed by atoms with Gasteiger partial charge in [-0.1, -0.05) is 6.07 Å². The van der Waals surface area contributed by atoms with E-state index in [0.29, 0.717) is 17.9 Å². The SMILES string of the molecule is Nc1ccc2c(c1)N(S(=O)(=O)c1cnc[nH]1)CCC2. The summed E-state index contributed by atoms with van der Waals surface area (Å²) in [6.45, 7) is 0.456. The van der Waals surface area contributed by atoms with Crippen LogP contribution >= 0.6 is 0 Å². The number of sulfonamides is 1. The largest absolute Gasteiger partial charge is 0.399 e. The number of hydrogen-bond donors (Lipinski definition) is 2. The summed E-state index contributed by atoms with van der Waals surface area (Å²) in [7, 11) is -3.59. The van der Waals surface area contributed by atoms with Gasteiger partial charge in [0.1, 0.15) is 0 Å². The van der Waals surface area contributed by atoms with Gasteiger partial charge in [-0.3, -0.25) is 4.31 Å². The second kappa shape index (κ2) is 4.27. The molecule has 0 radical (unpaired) electrons. The molecule has 0 fully saturated rings. The van der Waals surface area contributed by atoms with Gasteiger partial charge in [0.05, 0.1) is 18.2 Å². The molecule has 1 aromatic carbocycles. The molecular formula is C12H14N4O2S. The van der Waals surface area contributed by atoms with E-state index >= 15 is 0 Å². The highest BCUT2D eigenvalue weighted by Gasteiger charge is 2.30. The Morgan fingerprint density at radius 3 is 2.95 bits per heavy atom. The van der Waals surface area contributed by atoms with Crippen molar-refractivity contribution < 1.29 is 8.42 Å². The molecule has 7 heteroatoms. The molecule has 0 saturated heterocycles. The number of aromatic nitrogens is 2. The van der Waals surface area contributed by atoms with E-state index in [9.17, 15) is 8.42 Å². The van der Waals surface area contributed by atoms with E-state index in [4.69, 9.17) is 5.73 Å². The van der Waals surface area contributed by atoms with E-state index in [1.54, 1.807) is 12.1 Å². The van der Waals surface area contributed by atoms with Crippen molar-refractivity contribution in [2.75, 3.05) is 16.6 Å². The van der Waals surface area contributed by atoms with E-state index in [0.717, 1.165) is 18.4 Å². The zero-order valence-electron chi connectivity index (χ0n) is 10.2. The Kier molecular flexibility index (Phi) is 2.70. The molecule has 0 saturated carbocycles. The molecule has 19 heavy (non-hydrogen) atoms. The Morgan fingerprint density at radius 1 is 1.37 bits per heavy atom. The zero-order valence-corrected chi connectivity index (χ0v) is 11.0. The van der Waals surface area contributed by atoms with Crippen molar-refractivity contribution >= 4 is 21.4 Å². The monoisotopic (exact) mass is 278 g/mol. The van der Waals surface area contributed by atoms with Crippen molar-refractivity contribution in [2.24, 2.45) is 0 Å². The molecule has 2 aromatic rings. The summed E-state index contributed by atoms with van der Waals surface area (Å²) in [5, 5.41) is 0.0998. The predicted molar refractivity (Wildman–Crippen MR) is 72.3 cm³/mol. The lowest BCUT2D eigenvalue weighted by Gasteiger charge is -2.30. The quantitative estimate of drug-likeness (QED) is 0.805. The molecule has 1 aliphatic rings. The molecule has 0 amide bonds. The zero-order chi connectivity index (χ0) is 13.5. The molecule has 100 valence electrons. The Balaban J connectivity index is 2.12. The number of aromatic amines is 1. The number of nitrogens with one attached hydrogen (secondary N) is 1. The smallest absolute Gasteiger partial charge is 0.281 e. The summed E-state index contributed by atoms with van der Waals surface area (Å²) in [6, 6.07) is 5.40. The summed E-state index contributed by atoms with van der Waals surface area (Å²) < 4.78 is 26.5. The molecule has 1 aromatic heterocycles. The molecule has 3 N–H and O–H groups in total. The summed E-state index contributed by atoms with van der Waals surface area (Å²) in [5.74, 6) is 0. The van der Waals surface area contributed by atoms with Crippen LogP contribution in [0.15, 0.2) is 35.7 Å². The number of fused-ring (bicyclic) bond motifs is 1. The van der Waals surface area contributed by atoms with Crippen molar-refractivity contribution in [3.63, 3.8) is 0 Å². The second-order valence-electron chi connectivity index (χ2n) is 4.48. The lowest BCUT2D eigenvalue weighted by molar-refractivity contribution is 0.583. The standard InChI is InChI=1S/C12H14N4O2S/c13-10-4-3-9-2-1-5-16(11(9)6-10)19(17,18)12-7-14-8-15-12/h3-4,6-8H,1-2,5,13H2,(H,14,15). The fourth-order valence-corrected chi connectivity index (χ4v) is 3.74. The van der Waals surface area contributed by atoms with Crippen LogP contribution in [0.4, 0.5) is 11.4 Å². The van der Waals surface area contributed by atoms with E-state index in [-0.39, 0.29) is 5.03 Å². The average molecular weight is 278 g/mol. The normalized spacial score (nSPS) is 15.3. The highest BCUT2D eigenvalue weighted by atomic mass is 32.2. The minimum absolute atomic E-state index is 0.0998. The molecule has 0 atom stereocenters. The Morgan fingerprint density at radius 2 is 2.21 bits per heavy atom. The van der Waals surface area contributed by atoms with Gasteiger partial charge in [-0.2, -0.15) is 8.42 Å². The van der Waals surface area contributed by atoms with Crippen molar-refractivity contribution in [2.45, 2.75) is 17.9 Å². The number of hydrogen-bond acceptors (Lipinski definition) is 4. The first-order chi connectivity index (χ1) is 9.09. The Bertz CT molecular complexity index is 695. The van der Waals surface area contributed by atoms with E-state index in [1.807, 2.05) is 6.07 Å². The van der Waals surface area contributed by atoms with Crippen molar-refractivity contribution in [3.05, 3.63) is 36.3 Å². The van der Waals surface area contributed by atoms with E-state index in [1.165, 1.54) is 16.8 Å². The van der Waals surface area contributed by atoms with Gasteiger partial charge in [-0.05, 0) is 30.5 Å². The van der Waals surface area contributed by atoms with Crippen LogP contribution in [-0.4, -0.2) is 24.9 Å². The third kappa shape index (κ3) is 1.95. The summed E-state index contributed by atoms with van der Waals surface area (Å²) in [5.41, 5.74) is 8.00. The third-order valence-electron chi connectivity index (χ3n) is 3.23. The molecule has 0 bridgehead atoms. The number of H-pyrrole nitrogens is 1. The number of nitrogen functional groups attached to an aromatic ring is 1. The van der Waals surface area contributed by atoms with Gasteiger partial charge in [0, 0.05) is 12.2 Å². The predicted octanol–water partition coefficient (Wildman–Crippen LogP) is 1.13. The molecule has 1 aliphatic heterocycles. The maximum atomic E-state index is 12.5. The van der Waals surface area contributed by atoms with Crippen LogP contribution in [0.2, 0.25) is 0 Å². The van der Waals surface area contributed by atoms with Crippen LogP contribution in [0.5, 0.6) is 0 Å². The fraction of sp³-hybridized carbons (Fsp3) is 0.250. The Hall–Kier alpha value is -2.02. The summed E-state index contributed by atoms with van der Waals surface area (Å²) >= 11 is 0. The van der Waals surface area contributed by atoms with Crippen LogP contribution in [0.25, 0.3) is 0 Å². The molecular weight excluding hydrogens is 264 g/mol. The average Bonchev–Trinajstić information content (AvgIpc) is 2.92. The van der Waals surface area contributed by atoms with Crippen molar-refractivity contribution in [3.8, 4) is 0 Å². The van der Waals surface area contributed by atoms with Gasteiger partial charge in [0.15, 0.2) is 5.03 Å². The number of imidazole rings is 1. The van der Waals surface area contributed by atoms with Crippen molar-refractivity contribution in [1.29, 1.82) is 0 Å². The van der Waals surface area contributed by atoms with Gasteiger partial charge in [0.2, 0.25) is 0 Å². The minimum atomic E-state index is -3.59. The number of nitrogens with two attached hydrogens (primary N) is 1. The topological polar surface area (TPSA) is 92.1 Å². The lowest BCUT2D eigenvalue weighted by atomic mass is 10.0. The van der Waals surface area contributed by atoms with Crippen LogP contribution in [0, 0.1) is 0 Å².